The lowest BCUT2D eigenvalue weighted by Crippen LogP contribution is -2.01. The van der Waals surface area contributed by atoms with Gasteiger partial charge < -0.3 is 5.11 Å². The van der Waals surface area contributed by atoms with Gasteiger partial charge in [0.2, 0.25) is 3.79 Å². The van der Waals surface area contributed by atoms with Gasteiger partial charge in [-0.05, 0) is 0 Å². The van der Waals surface area contributed by atoms with Gasteiger partial charge in [-0.2, -0.15) is 0 Å². The average molecular weight is 214 g/mol. The molecule has 0 spiro atoms. The lowest BCUT2D eigenvalue weighted by molar-refractivity contribution is -0.122. The van der Waals surface area contributed by atoms with Crippen LogP contribution >= 0.6 is 46.4 Å². The minimum absolute atomic E-state index is 0.0394. The topological polar surface area (TPSA) is 37.3 Å². The quantitative estimate of drug-likeness (QED) is 0.496. The number of hydrogen-bond donors (Lipinski definition) is 1. The molecule has 0 heterocycles. The zero-order chi connectivity index (χ0) is 7.91. The van der Waals surface area contributed by atoms with Crippen LogP contribution in [-0.2, 0) is 4.79 Å². The van der Waals surface area contributed by atoms with Crippen LogP contribution in [0.3, 0.4) is 0 Å². The molecule has 0 rings (SSSR count). The van der Waals surface area contributed by atoms with E-state index < -0.39 is 3.79 Å². The number of rotatable bonds is 0. The highest BCUT2D eigenvalue weighted by Gasteiger charge is 2.16. The second kappa shape index (κ2) is 6.75. The molecular formula is C3H4Cl4O2. The highest BCUT2D eigenvalue weighted by atomic mass is 35.6. The molecule has 1 N–H and O–H groups in total. The maximum atomic E-state index is 8.36. The first-order chi connectivity index (χ1) is 3.97. The van der Waals surface area contributed by atoms with Gasteiger partial charge in [0, 0.05) is 0 Å². The van der Waals surface area contributed by atoms with Crippen LogP contribution in [0.25, 0.3) is 0 Å². The summed E-state index contributed by atoms with van der Waals surface area (Å²) in [4.78, 5) is 8.36. The lowest BCUT2D eigenvalue weighted by Gasteiger charge is -2.00. The van der Waals surface area contributed by atoms with E-state index in [1.807, 2.05) is 0 Å². The van der Waals surface area contributed by atoms with Gasteiger partial charge in [-0.3, -0.25) is 4.79 Å². The van der Waals surface area contributed by atoms with E-state index >= 15 is 0 Å². The molecule has 0 fully saturated rings. The molecule has 0 atom stereocenters. The van der Waals surface area contributed by atoms with Crippen molar-refractivity contribution in [1.29, 1.82) is 0 Å². The summed E-state index contributed by atoms with van der Waals surface area (Å²) in [5.41, 5.74) is 0. The van der Waals surface area contributed by atoms with E-state index in [-0.39, 0.29) is 12.4 Å². The number of carboxylic acid groups (broad SMARTS) is 1. The summed E-state index contributed by atoms with van der Waals surface area (Å²) >= 11 is 20.4. The molecule has 0 saturated heterocycles. The highest BCUT2D eigenvalue weighted by Crippen LogP contribution is 2.26. The van der Waals surface area contributed by atoms with Crippen LogP contribution in [0.1, 0.15) is 0 Å². The molecule has 0 aromatic carbocycles. The van der Waals surface area contributed by atoms with E-state index in [2.05, 4.69) is 0 Å². The third-order valence-electron chi connectivity index (χ3n) is 0.152. The Morgan fingerprint density at radius 1 is 1.44 bits per heavy atom. The molecule has 0 radical (unpaired) electrons. The monoisotopic (exact) mass is 212 g/mol. The largest absolute Gasteiger partial charge is 0.483 e. The van der Waals surface area contributed by atoms with Crippen molar-refractivity contribution in [3.63, 3.8) is 0 Å². The molecule has 0 aliphatic rings. The normalized spacial score (nSPS) is 9.33. The van der Waals surface area contributed by atoms with Crippen molar-refractivity contribution in [3.05, 3.63) is 0 Å². The van der Waals surface area contributed by atoms with Gasteiger partial charge in [-0.25, -0.2) is 0 Å². The summed E-state index contributed by atoms with van der Waals surface area (Å²) < 4.78 is -1.28. The van der Waals surface area contributed by atoms with Crippen LogP contribution < -0.4 is 0 Å². The molecule has 0 aliphatic carbocycles. The molecule has 0 aromatic heterocycles. The molecular weight excluding hydrogens is 210 g/mol. The van der Waals surface area contributed by atoms with Crippen molar-refractivity contribution < 1.29 is 9.90 Å². The number of carbonyl (C=O) groups is 1. The summed E-state index contributed by atoms with van der Waals surface area (Å²) in [5.74, 6) is 0.0394. The standard InChI is InChI=1S/C2H2Cl4.CH2O2/c3-1-2(4,5)6;2-1-3/h1H2;1H,(H,2,3). The van der Waals surface area contributed by atoms with Gasteiger partial charge in [0.1, 0.15) is 0 Å². The first-order valence-electron chi connectivity index (χ1n) is 1.68. The molecule has 9 heavy (non-hydrogen) atoms. The Hall–Kier alpha value is 0.630. The fraction of sp³-hybridized carbons (Fsp3) is 0.667. The minimum Gasteiger partial charge on any atom is -0.483 e. The average Bonchev–Trinajstić information content (AvgIpc) is 1.67. The van der Waals surface area contributed by atoms with Crippen molar-refractivity contribution in [2.75, 3.05) is 5.88 Å². The Balaban J connectivity index is 0. The lowest BCUT2D eigenvalue weighted by atomic mass is 10.9. The number of alkyl halides is 4. The van der Waals surface area contributed by atoms with Crippen LogP contribution in [0.5, 0.6) is 0 Å². The van der Waals surface area contributed by atoms with Crippen LogP contribution in [0.15, 0.2) is 0 Å². The molecule has 0 saturated carbocycles. The Morgan fingerprint density at radius 3 is 1.56 bits per heavy atom. The highest BCUT2D eigenvalue weighted by molar-refractivity contribution is 6.69. The third-order valence-corrected chi connectivity index (χ3v) is 1.36. The first kappa shape index (κ1) is 12.3. The van der Waals surface area contributed by atoms with Crippen LogP contribution in [-0.4, -0.2) is 21.3 Å². The van der Waals surface area contributed by atoms with Crippen molar-refractivity contribution >= 4 is 52.9 Å². The SMILES string of the molecule is ClCC(Cl)(Cl)Cl.O=CO. The smallest absolute Gasteiger partial charge is 0.290 e. The molecule has 0 unspecified atom stereocenters. The molecule has 6 heteroatoms. The van der Waals surface area contributed by atoms with Gasteiger partial charge in [-0.1, -0.05) is 34.8 Å². The summed E-state index contributed by atoms with van der Waals surface area (Å²) in [5, 5.41) is 6.89. The number of hydrogen-bond acceptors (Lipinski definition) is 1. The number of halogens is 4. The van der Waals surface area contributed by atoms with Crippen molar-refractivity contribution in [3.8, 4) is 0 Å². The predicted molar refractivity (Wildman–Crippen MR) is 39.7 cm³/mol. The molecule has 0 bridgehead atoms. The van der Waals surface area contributed by atoms with Crippen LogP contribution in [0, 0.1) is 0 Å². The van der Waals surface area contributed by atoms with Crippen molar-refractivity contribution in [2.45, 2.75) is 3.79 Å². The second-order valence-corrected chi connectivity index (χ2v) is 3.64. The van der Waals surface area contributed by atoms with E-state index in [1.54, 1.807) is 0 Å². The van der Waals surface area contributed by atoms with E-state index in [9.17, 15) is 0 Å². The van der Waals surface area contributed by atoms with Gasteiger partial charge in [-0.15, -0.1) is 11.6 Å². The second-order valence-electron chi connectivity index (χ2n) is 0.854. The predicted octanol–water partition coefficient (Wildman–Crippen LogP) is 2.30. The summed E-state index contributed by atoms with van der Waals surface area (Å²) in [7, 11) is 0. The summed E-state index contributed by atoms with van der Waals surface area (Å²) in [6.45, 7) is -0.250. The molecule has 0 aromatic rings. The van der Waals surface area contributed by atoms with E-state index in [4.69, 9.17) is 56.3 Å². The Kier molecular flexibility index (Phi) is 9.23. The maximum absolute atomic E-state index is 8.36. The van der Waals surface area contributed by atoms with E-state index in [1.165, 1.54) is 0 Å². The zero-order valence-corrected chi connectivity index (χ0v) is 7.18. The molecule has 0 aliphatic heterocycles. The molecule has 0 amide bonds. The van der Waals surface area contributed by atoms with Crippen LogP contribution in [0.2, 0.25) is 0 Å². The Morgan fingerprint density at radius 2 is 1.56 bits per heavy atom. The fourth-order valence-electron chi connectivity index (χ4n) is 0. The maximum Gasteiger partial charge on any atom is 0.290 e. The Bertz CT molecular complexity index is 68.7. The van der Waals surface area contributed by atoms with Gasteiger partial charge in [0.05, 0.1) is 5.88 Å². The molecule has 2 nitrogen and oxygen atoms in total. The third kappa shape index (κ3) is 28.8. The summed E-state index contributed by atoms with van der Waals surface area (Å²) in [6.07, 6.45) is 0. The Labute approximate surface area is 72.6 Å². The van der Waals surface area contributed by atoms with E-state index in [0.29, 0.717) is 0 Å². The fourth-order valence-corrected chi connectivity index (χ4v) is 0. The van der Waals surface area contributed by atoms with Gasteiger partial charge in [0.25, 0.3) is 6.47 Å². The van der Waals surface area contributed by atoms with Gasteiger partial charge >= 0.3 is 0 Å². The minimum atomic E-state index is -1.28. The summed E-state index contributed by atoms with van der Waals surface area (Å²) in [6, 6.07) is 0. The van der Waals surface area contributed by atoms with Crippen LogP contribution in [0.4, 0.5) is 0 Å². The zero-order valence-electron chi connectivity index (χ0n) is 4.15. The van der Waals surface area contributed by atoms with Crippen molar-refractivity contribution in [1.82, 2.24) is 0 Å². The first-order valence-corrected chi connectivity index (χ1v) is 3.35. The molecule has 56 valence electrons. The van der Waals surface area contributed by atoms with E-state index in [0.717, 1.165) is 0 Å². The van der Waals surface area contributed by atoms with Gasteiger partial charge in [0.15, 0.2) is 0 Å². The van der Waals surface area contributed by atoms with Crippen molar-refractivity contribution in [2.24, 2.45) is 0 Å².